The normalized spacial score (nSPS) is 12.0. The summed E-state index contributed by atoms with van der Waals surface area (Å²) >= 11 is 0. The van der Waals surface area contributed by atoms with Crippen LogP contribution in [0.3, 0.4) is 0 Å². The summed E-state index contributed by atoms with van der Waals surface area (Å²) in [7, 11) is 0. The molecule has 0 spiro atoms. The molecule has 1 atom stereocenters. The number of aromatic nitrogens is 1. The molecule has 31 heavy (non-hydrogen) atoms. The number of carbonyl (C=O) groups is 2. The van der Waals surface area contributed by atoms with E-state index in [1.165, 1.54) is 0 Å². The van der Waals surface area contributed by atoms with Crippen LogP contribution in [-0.2, 0) is 11.2 Å². The summed E-state index contributed by atoms with van der Waals surface area (Å²) in [5.74, 6) is -0.195. The van der Waals surface area contributed by atoms with Crippen molar-refractivity contribution < 1.29 is 19.4 Å². The highest BCUT2D eigenvalue weighted by molar-refractivity contribution is 5.96. The van der Waals surface area contributed by atoms with E-state index in [0.29, 0.717) is 25.1 Å². The van der Waals surface area contributed by atoms with E-state index in [1.807, 2.05) is 42.6 Å². The van der Waals surface area contributed by atoms with Gasteiger partial charge < -0.3 is 20.1 Å². The number of ketones is 1. The van der Waals surface area contributed by atoms with Gasteiger partial charge >= 0.3 is 5.97 Å². The molecule has 0 saturated carbocycles. The number of H-pyrrole nitrogens is 1. The first-order valence-corrected chi connectivity index (χ1v) is 10.9. The number of nitrogens with one attached hydrogen (secondary N) is 2. The summed E-state index contributed by atoms with van der Waals surface area (Å²) in [5, 5.41) is 13.6. The van der Waals surface area contributed by atoms with Crippen molar-refractivity contribution in [2.75, 3.05) is 13.2 Å². The smallest absolute Gasteiger partial charge is 0.321 e. The molecule has 0 saturated heterocycles. The van der Waals surface area contributed by atoms with Crippen LogP contribution in [0.5, 0.6) is 5.75 Å². The van der Waals surface area contributed by atoms with Crippen molar-refractivity contribution in [3.63, 3.8) is 0 Å². The largest absolute Gasteiger partial charge is 0.494 e. The summed E-state index contributed by atoms with van der Waals surface area (Å²) in [6.45, 7) is 3.13. The van der Waals surface area contributed by atoms with Crippen molar-refractivity contribution in [2.45, 2.75) is 45.1 Å². The summed E-state index contributed by atoms with van der Waals surface area (Å²) < 4.78 is 5.67. The number of benzene rings is 2. The first-order valence-electron chi connectivity index (χ1n) is 10.9. The van der Waals surface area contributed by atoms with Gasteiger partial charge in [0.05, 0.1) is 6.61 Å². The van der Waals surface area contributed by atoms with E-state index >= 15 is 0 Å². The van der Waals surface area contributed by atoms with Gasteiger partial charge in [-0.3, -0.25) is 9.59 Å². The Morgan fingerprint density at radius 1 is 1.10 bits per heavy atom. The van der Waals surface area contributed by atoms with Crippen molar-refractivity contribution in [3.8, 4) is 5.75 Å². The Kier molecular flexibility index (Phi) is 8.24. The van der Waals surface area contributed by atoms with Gasteiger partial charge in [-0.2, -0.15) is 0 Å². The van der Waals surface area contributed by atoms with Gasteiger partial charge in [0.25, 0.3) is 0 Å². The van der Waals surface area contributed by atoms with Gasteiger partial charge in [0, 0.05) is 42.0 Å². The number of rotatable bonds is 13. The molecule has 1 heterocycles. The SMILES string of the molecule is CCCCCOc1ccc(C(=O)CCN[C@H](Cc2c[nH]c3ccccc23)C(=O)O)cc1. The molecule has 3 aromatic rings. The fourth-order valence-corrected chi connectivity index (χ4v) is 3.55. The number of aliphatic carboxylic acids is 1. The number of Topliss-reactive ketones (excluding diaryl/α,β-unsaturated/α-hetero) is 1. The summed E-state index contributed by atoms with van der Waals surface area (Å²) in [4.78, 5) is 27.3. The lowest BCUT2D eigenvalue weighted by molar-refractivity contribution is -0.139. The van der Waals surface area contributed by atoms with Gasteiger partial charge in [0.1, 0.15) is 11.8 Å². The summed E-state index contributed by atoms with van der Waals surface area (Å²) in [6.07, 6.45) is 5.73. The minimum atomic E-state index is -0.928. The number of ether oxygens (including phenoxy) is 1. The lowest BCUT2D eigenvalue weighted by Gasteiger charge is -2.14. The number of carboxylic acid groups (broad SMARTS) is 1. The third-order valence-electron chi connectivity index (χ3n) is 5.33. The topological polar surface area (TPSA) is 91.4 Å². The third-order valence-corrected chi connectivity index (χ3v) is 5.33. The zero-order chi connectivity index (χ0) is 22.1. The van der Waals surface area contributed by atoms with E-state index in [-0.39, 0.29) is 12.2 Å². The fraction of sp³-hybridized carbons (Fsp3) is 0.360. The quantitative estimate of drug-likeness (QED) is 0.277. The van der Waals surface area contributed by atoms with Crippen LogP contribution in [0, 0.1) is 0 Å². The third kappa shape index (κ3) is 6.43. The Morgan fingerprint density at radius 2 is 1.87 bits per heavy atom. The molecule has 3 N–H and O–H groups in total. The molecule has 6 nitrogen and oxygen atoms in total. The maximum absolute atomic E-state index is 12.5. The number of carboxylic acids is 1. The predicted molar refractivity (Wildman–Crippen MR) is 122 cm³/mol. The minimum Gasteiger partial charge on any atom is -0.494 e. The lowest BCUT2D eigenvalue weighted by atomic mass is 10.0. The molecular weight excluding hydrogens is 392 g/mol. The molecule has 0 fully saturated rings. The van der Waals surface area contributed by atoms with Crippen LogP contribution in [0.4, 0.5) is 0 Å². The highest BCUT2D eigenvalue weighted by Crippen LogP contribution is 2.19. The van der Waals surface area contributed by atoms with Gasteiger partial charge in [-0.05, 0) is 42.3 Å². The van der Waals surface area contributed by atoms with Crippen LogP contribution >= 0.6 is 0 Å². The predicted octanol–water partition coefficient (Wildman–Crippen LogP) is 4.60. The molecule has 3 rings (SSSR count). The summed E-state index contributed by atoms with van der Waals surface area (Å²) in [5.41, 5.74) is 2.53. The molecule has 0 radical (unpaired) electrons. The molecule has 0 bridgehead atoms. The molecule has 0 unspecified atom stereocenters. The standard InChI is InChI=1S/C25H30N2O4/c1-2-3-6-15-31-20-11-9-18(10-12-20)24(28)13-14-26-23(25(29)30)16-19-17-27-22-8-5-4-7-21(19)22/h4-5,7-12,17,23,26-27H,2-3,6,13-16H2,1H3,(H,29,30)/t23-/m1/s1. The van der Waals surface area contributed by atoms with Gasteiger partial charge in [0.15, 0.2) is 5.78 Å². The van der Waals surface area contributed by atoms with Crippen LogP contribution in [0.15, 0.2) is 54.7 Å². The van der Waals surface area contributed by atoms with Gasteiger partial charge in [-0.25, -0.2) is 0 Å². The number of aromatic amines is 1. The molecule has 0 aliphatic carbocycles. The average molecular weight is 423 g/mol. The Bertz CT molecular complexity index is 994. The van der Waals surface area contributed by atoms with Gasteiger partial charge in [-0.15, -0.1) is 0 Å². The summed E-state index contributed by atoms with van der Waals surface area (Å²) in [6, 6.07) is 14.2. The first-order chi connectivity index (χ1) is 15.1. The fourth-order valence-electron chi connectivity index (χ4n) is 3.55. The van der Waals surface area contributed by atoms with Gasteiger partial charge in [0.2, 0.25) is 0 Å². The van der Waals surface area contributed by atoms with Gasteiger partial charge in [-0.1, -0.05) is 38.0 Å². The second-order valence-electron chi connectivity index (χ2n) is 7.66. The van der Waals surface area contributed by atoms with Crippen LogP contribution in [-0.4, -0.2) is 41.0 Å². The van der Waals surface area contributed by atoms with Crippen LogP contribution in [0.25, 0.3) is 10.9 Å². The number of carbonyl (C=O) groups excluding carboxylic acids is 1. The molecule has 0 amide bonds. The zero-order valence-electron chi connectivity index (χ0n) is 17.9. The Morgan fingerprint density at radius 3 is 2.61 bits per heavy atom. The van der Waals surface area contributed by atoms with Crippen LogP contribution in [0.1, 0.15) is 48.5 Å². The minimum absolute atomic E-state index is 0.0266. The lowest BCUT2D eigenvalue weighted by Crippen LogP contribution is -2.39. The molecule has 0 aliphatic heterocycles. The Labute approximate surface area is 182 Å². The number of hydrogen-bond donors (Lipinski definition) is 3. The van der Waals surface area contributed by atoms with Crippen molar-refractivity contribution >= 4 is 22.7 Å². The van der Waals surface area contributed by atoms with Crippen molar-refractivity contribution in [1.29, 1.82) is 0 Å². The maximum atomic E-state index is 12.5. The maximum Gasteiger partial charge on any atom is 0.321 e. The van der Waals surface area contributed by atoms with E-state index in [0.717, 1.165) is 41.5 Å². The zero-order valence-corrected chi connectivity index (χ0v) is 17.9. The highest BCUT2D eigenvalue weighted by atomic mass is 16.5. The van der Waals surface area contributed by atoms with E-state index in [4.69, 9.17) is 4.74 Å². The number of para-hydroxylation sites is 1. The van der Waals surface area contributed by atoms with Crippen molar-refractivity contribution in [2.24, 2.45) is 0 Å². The van der Waals surface area contributed by atoms with E-state index in [2.05, 4.69) is 17.2 Å². The van der Waals surface area contributed by atoms with Crippen LogP contribution in [0.2, 0.25) is 0 Å². The van der Waals surface area contributed by atoms with Crippen molar-refractivity contribution in [3.05, 3.63) is 65.9 Å². The second-order valence-corrected chi connectivity index (χ2v) is 7.66. The molecular formula is C25H30N2O4. The number of hydrogen-bond acceptors (Lipinski definition) is 4. The van der Waals surface area contributed by atoms with Crippen LogP contribution < -0.4 is 10.1 Å². The molecule has 1 aromatic heterocycles. The molecule has 164 valence electrons. The number of fused-ring (bicyclic) bond motifs is 1. The molecule has 6 heteroatoms. The van der Waals surface area contributed by atoms with E-state index in [1.54, 1.807) is 12.1 Å². The Hall–Kier alpha value is -3.12. The highest BCUT2D eigenvalue weighted by Gasteiger charge is 2.19. The number of unbranched alkanes of at least 4 members (excludes halogenated alkanes) is 2. The monoisotopic (exact) mass is 422 g/mol. The first kappa shape index (κ1) is 22.6. The van der Waals surface area contributed by atoms with E-state index in [9.17, 15) is 14.7 Å². The molecule has 2 aromatic carbocycles. The van der Waals surface area contributed by atoms with Crippen molar-refractivity contribution in [1.82, 2.24) is 10.3 Å². The Balaban J connectivity index is 1.49. The second kappa shape index (κ2) is 11.3. The molecule has 0 aliphatic rings. The average Bonchev–Trinajstić information content (AvgIpc) is 3.19. The van der Waals surface area contributed by atoms with E-state index < -0.39 is 12.0 Å².